The highest BCUT2D eigenvalue weighted by atomic mass is 16.1. The first-order valence-corrected chi connectivity index (χ1v) is 6.91. The van der Waals surface area contributed by atoms with Crippen LogP contribution < -0.4 is 10.9 Å². The Hall–Kier alpha value is -1.16. The number of nitrogens with zero attached hydrogens (tertiary/aromatic N) is 1. The zero-order chi connectivity index (χ0) is 14.4. The minimum Gasteiger partial charge on any atom is -0.326 e. The molecule has 1 fully saturated rings. The van der Waals surface area contributed by atoms with Crippen molar-refractivity contribution in [2.45, 2.75) is 59.9 Å². The molecule has 0 aliphatic heterocycles. The van der Waals surface area contributed by atoms with E-state index in [4.69, 9.17) is 0 Å². The number of hydrogen-bond donors (Lipinski definition) is 2. The molecule has 4 nitrogen and oxygen atoms in total. The van der Waals surface area contributed by atoms with E-state index < -0.39 is 0 Å². The van der Waals surface area contributed by atoms with Gasteiger partial charge in [-0.3, -0.25) is 9.78 Å². The lowest BCUT2D eigenvalue weighted by Crippen LogP contribution is -2.31. The van der Waals surface area contributed by atoms with Crippen LogP contribution in [0.25, 0.3) is 0 Å². The average molecular weight is 255 g/mol. The maximum atomic E-state index is 10.3. The first kappa shape index (κ1) is 19.2. The molecular weight excluding hydrogens is 226 g/mol. The van der Waals surface area contributed by atoms with E-state index in [-0.39, 0.29) is 5.56 Å². The van der Waals surface area contributed by atoms with Crippen molar-refractivity contribution in [1.29, 1.82) is 0 Å². The summed E-state index contributed by atoms with van der Waals surface area (Å²) in [5.74, 6) is 0. The molecule has 1 aromatic rings. The Bertz CT molecular complexity index is 296. The molecule has 0 unspecified atom stereocenters. The van der Waals surface area contributed by atoms with Crippen LogP contribution in [0.4, 0.5) is 0 Å². The molecule has 0 atom stereocenters. The summed E-state index contributed by atoms with van der Waals surface area (Å²) in [7, 11) is 2.03. The monoisotopic (exact) mass is 255 g/mol. The Balaban J connectivity index is 0. The van der Waals surface area contributed by atoms with Crippen LogP contribution >= 0.6 is 0 Å². The highest BCUT2D eigenvalue weighted by Crippen LogP contribution is 2.16. The third-order valence-electron chi connectivity index (χ3n) is 2.32. The van der Waals surface area contributed by atoms with Crippen LogP contribution in [0.3, 0.4) is 0 Å². The van der Waals surface area contributed by atoms with Crippen molar-refractivity contribution in [3.8, 4) is 0 Å². The topological polar surface area (TPSA) is 57.8 Å². The Labute approximate surface area is 111 Å². The van der Waals surface area contributed by atoms with E-state index in [9.17, 15) is 4.79 Å². The summed E-state index contributed by atoms with van der Waals surface area (Å²) in [5, 5.41) is 3.20. The number of nitrogens with one attached hydrogen (secondary N) is 2. The molecule has 1 aromatic heterocycles. The lowest BCUT2D eigenvalue weighted by Gasteiger charge is -2.23. The highest BCUT2D eigenvalue weighted by molar-refractivity contribution is 4.89. The number of aromatic nitrogens is 2. The molecule has 1 saturated carbocycles. The van der Waals surface area contributed by atoms with Gasteiger partial charge in [0, 0.05) is 12.2 Å². The molecule has 1 heterocycles. The molecule has 0 saturated heterocycles. The third kappa shape index (κ3) is 10.0. The smallest absolute Gasteiger partial charge is 0.266 e. The largest absolute Gasteiger partial charge is 0.326 e. The molecule has 0 aromatic carbocycles. The molecule has 4 heteroatoms. The minimum atomic E-state index is -0.157. The number of H-pyrrole nitrogens is 1. The van der Waals surface area contributed by atoms with Gasteiger partial charge in [0.2, 0.25) is 0 Å². The van der Waals surface area contributed by atoms with E-state index >= 15 is 0 Å². The zero-order valence-corrected chi connectivity index (χ0v) is 12.7. The van der Waals surface area contributed by atoms with Crippen molar-refractivity contribution in [1.82, 2.24) is 15.3 Å². The second-order valence-electron chi connectivity index (χ2n) is 3.47. The van der Waals surface area contributed by atoms with Crippen molar-refractivity contribution in [2.75, 3.05) is 7.05 Å². The van der Waals surface area contributed by atoms with E-state index in [0.717, 1.165) is 11.7 Å². The van der Waals surface area contributed by atoms with Gasteiger partial charge >= 0.3 is 0 Å². The van der Waals surface area contributed by atoms with Crippen LogP contribution in [0.1, 0.15) is 52.7 Å². The Morgan fingerprint density at radius 3 is 2.00 bits per heavy atom. The lowest BCUT2D eigenvalue weighted by molar-refractivity contribution is 0.361. The van der Waals surface area contributed by atoms with Gasteiger partial charge in [0.1, 0.15) is 0 Å². The molecule has 106 valence electrons. The normalized spacial score (nSPS) is 12.6. The maximum Gasteiger partial charge on any atom is 0.266 e. The molecule has 18 heavy (non-hydrogen) atoms. The zero-order valence-electron chi connectivity index (χ0n) is 12.7. The van der Waals surface area contributed by atoms with Crippen LogP contribution in [0.5, 0.6) is 0 Å². The van der Waals surface area contributed by atoms with Gasteiger partial charge in [0.15, 0.2) is 0 Å². The number of hydrogen-bond acceptors (Lipinski definition) is 3. The maximum absolute atomic E-state index is 10.3. The summed E-state index contributed by atoms with van der Waals surface area (Å²) < 4.78 is 0. The first-order chi connectivity index (χ1) is 8.72. The van der Waals surface area contributed by atoms with Crippen LogP contribution in [0, 0.1) is 6.92 Å². The van der Waals surface area contributed by atoms with E-state index in [1.165, 1.54) is 25.5 Å². The van der Waals surface area contributed by atoms with E-state index in [1.807, 2.05) is 41.7 Å². The Morgan fingerprint density at radius 2 is 1.83 bits per heavy atom. The second-order valence-corrected chi connectivity index (χ2v) is 3.47. The second kappa shape index (κ2) is 13.9. The fourth-order valence-electron chi connectivity index (χ4n) is 1.11. The molecule has 1 aliphatic rings. The van der Waals surface area contributed by atoms with Crippen molar-refractivity contribution in [3.63, 3.8) is 0 Å². The van der Waals surface area contributed by atoms with Crippen LogP contribution in [-0.4, -0.2) is 23.1 Å². The summed E-state index contributed by atoms with van der Waals surface area (Å²) in [5.41, 5.74) is 0.667. The molecule has 2 N–H and O–H groups in total. The molecule has 0 bridgehead atoms. The Kier molecular flexibility index (Phi) is 14.8. The molecule has 0 radical (unpaired) electrons. The summed E-state index contributed by atoms with van der Waals surface area (Å²) >= 11 is 0. The summed E-state index contributed by atoms with van der Waals surface area (Å²) in [6, 6.07) is 0.866. The molecular formula is C14H29N3O. The average Bonchev–Trinajstić information content (AvgIpc) is 2.37. The van der Waals surface area contributed by atoms with Crippen LogP contribution in [0.15, 0.2) is 17.2 Å². The fourth-order valence-corrected chi connectivity index (χ4v) is 1.11. The fraction of sp³-hybridized carbons (Fsp3) is 0.714. The standard InChI is InChI=1S/C5H6N2O.C5H11N.2C2H6/c1-4-2-7-5(8)3-6-4;1-6-5-3-2-4-5;2*1-2/h2-3H,1H3,(H,7,8);5-6H,2-4H2,1H3;2*1-2H3. The van der Waals surface area contributed by atoms with Gasteiger partial charge in [0.25, 0.3) is 5.56 Å². The lowest BCUT2D eigenvalue weighted by atomic mass is 9.94. The quantitative estimate of drug-likeness (QED) is 0.811. The van der Waals surface area contributed by atoms with Crippen molar-refractivity contribution in [2.24, 2.45) is 0 Å². The van der Waals surface area contributed by atoms with E-state index in [0.29, 0.717) is 0 Å². The number of aromatic amines is 1. The van der Waals surface area contributed by atoms with Crippen LogP contribution in [0.2, 0.25) is 0 Å². The van der Waals surface area contributed by atoms with Crippen molar-refractivity contribution in [3.05, 3.63) is 28.4 Å². The molecule has 0 spiro atoms. The summed E-state index contributed by atoms with van der Waals surface area (Å²) in [6.45, 7) is 9.82. The molecule has 2 rings (SSSR count). The van der Waals surface area contributed by atoms with Crippen LogP contribution in [-0.2, 0) is 0 Å². The Morgan fingerprint density at radius 1 is 1.28 bits per heavy atom. The van der Waals surface area contributed by atoms with Gasteiger partial charge in [0.05, 0.1) is 11.9 Å². The number of rotatable bonds is 1. The predicted molar refractivity (Wildman–Crippen MR) is 79.0 cm³/mol. The summed E-state index contributed by atoms with van der Waals surface area (Å²) in [4.78, 5) is 16.5. The van der Waals surface area contributed by atoms with Gasteiger partial charge in [-0.15, -0.1) is 0 Å². The van der Waals surface area contributed by atoms with Gasteiger partial charge in [-0.05, 0) is 26.8 Å². The van der Waals surface area contributed by atoms with Crippen molar-refractivity contribution < 1.29 is 0 Å². The number of aryl methyl sites for hydroxylation is 1. The first-order valence-electron chi connectivity index (χ1n) is 6.91. The van der Waals surface area contributed by atoms with Crippen molar-refractivity contribution >= 4 is 0 Å². The molecule has 0 amide bonds. The van der Waals surface area contributed by atoms with E-state index in [1.54, 1.807) is 6.20 Å². The highest BCUT2D eigenvalue weighted by Gasteiger charge is 2.13. The third-order valence-corrected chi connectivity index (χ3v) is 2.32. The molecule has 1 aliphatic carbocycles. The minimum absolute atomic E-state index is 0.157. The summed E-state index contributed by atoms with van der Waals surface area (Å²) in [6.07, 6.45) is 7.07. The van der Waals surface area contributed by atoms with Gasteiger partial charge in [-0.25, -0.2) is 0 Å². The van der Waals surface area contributed by atoms with Gasteiger partial charge in [-0.2, -0.15) is 0 Å². The SMILES string of the molecule is CC.CC.CNC1CCC1.Cc1c[nH]c(=O)cn1. The van der Waals surface area contributed by atoms with Gasteiger partial charge < -0.3 is 10.3 Å². The van der Waals surface area contributed by atoms with E-state index in [2.05, 4.69) is 15.3 Å². The predicted octanol–water partition coefficient (Wildman–Crippen LogP) is 2.89. The van der Waals surface area contributed by atoms with Gasteiger partial charge in [-0.1, -0.05) is 34.1 Å².